The van der Waals surface area contributed by atoms with E-state index in [1.807, 2.05) is 0 Å². The molecule has 0 aromatic heterocycles. The fourth-order valence-electron chi connectivity index (χ4n) is 2.71. The van der Waals surface area contributed by atoms with E-state index < -0.39 is 0 Å². The average molecular weight is 254 g/mol. The largest absolute Gasteiger partial charge is 0.356 e. The van der Waals surface area contributed by atoms with E-state index in [1.54, 1.807) is 0 Å². The van der Waals surface area contributed by atoms with Crippen molar-refractivity contribution in [2.24, 2.45) is 5.41 Å². The SMILES string of the molecule is CCC1(CNC(=O)CCNC(C)(C)C)CCCC1. The van der Waals surface area contributed by atoms with Gasteiger partial charge in [-0.2, -0.15) is 0 Å². The van der Waals surface area contributed by atoms with Gasteiger partial charge in [0, 0.05) is 25.0 Å². The van der Waals surface area contributed by atoms with Crippen molar-refractivity contribution < 1.29 is 4.79 Å². The zero-order valence-electron chi connectivity index (χ0n) is 12.6. The molecular weight excluding hydrogens is 224 g/mol. The van der Waals surface area contributed by atoms with Crippen molar-refractivity contribution in [1.29, 1.82) is 0 Å². The summed E-state index contributed by atoms with van der Waals surface area (Å²) >= 11 is 0. The lowest BCUT2D eigenvalue weighted by Gasteiger charge is -2.27. The van der Waals surface area contributed by atoms with Gasteiger partial charge in [-0.3, -0.25) is 4.79 Å². The molecule has 0 radical (unpaired) electrons. The molecule has 1 rings (SSSR count). The van der Waals surface area contributed by atoms with E-state index in [1.165, 1.54) is 32.1 Å². The molecule has 0 aromatic carbocycles. The van der Waals surface area contributed by atoms with Gasteiger partial charge < -0.3 is 10.6 Å². The molecule has 0 heterocycles. The highest BCUT2D eigenvalue weighted by molar-refractivity contribution is 5.76. The number of rotatable bonds is 6. The second-order valence-electron chi connectivity index (χ2n) is 6.76. The van der Waals surface area contributed by atoms with Crippen molar-refractivity contribution in [3.63, 3.8) is 0 Å². The maximum Gasteiger partial charge on any atom is 0.221 e. The Balaban J connectivity index is 2.20. The highest BCUT2D eigenvalue weighted by Gasteiger charge is 2.31. The van der Waals surface area contributed by atoms with Crippen LogP contribution < -0.4 is 10.6 Å². The fourth-order valence-corrected chi connectivity index (χ4v) is 2.71. The van der Waals surface area contributed by atoms with Crippen LogP contribution in [0.5, 0.6) is 0 Å². The number of carbonyl (C=O) groups excluding carboxylic acids is 1. The maximum absolute atomic E-state index is 11.8. The molecule has 0 aliphatic heterocycles. The summed E-state index contributed by atoms with van der Waals surface area (Å²) in [7, 11) is 0. The molecule has 0 saturated heterocycles. The standard InChI is InChI=1S/C15H30N2O/c1-5-15(9-6-7-10-15)12-16-13(18)8-11-17-14(2,3)4/h17H,5-12H2,1-4H3,(H,16,18). The van der Waals surface area contributed by atoms with Crippen LogP contribution >= 0.6 is 0 Å². The van der Waals surface area contributed by atoms with Crippen molar-refractivity contribution in [3.8, 4) is 0 Å². The van der Waals surface area contributed by atoms with Gasteiger partial charge >= 0.3 is 0 Å². The summed E-state index contributed by atoms with van der Waals surface area (Å²) in [5.41, 5.74) is 0.490. The van der Waals surface area contributed by atoms with Crippen LogP contribution in [0.2, 0.25) is 0 Å². The lowest BCUT2D eigenvalue weighted by atomic mass is 9.83. The number of carbonyl (C=O) groups is 1. The summed E-state index contributed by atoms with van der Waals surface area (Å²) in [5.74, 6) is 0.187. The predicted octanol–water partition coefficient (Wildman–Crippen LogP) is 2.85. The predicted molar refractivity (Wildman–Crippen MR) is 76.6 cm³/mol. The Hall–Kier alpha value is -0.570. The molecule has 1 aliphatic carbocycles. The van der Waals surface area contributed by atoms with Crippen molar-refractivity contribution in [1.82, 2.24) is 10.6 Å². The van der Waals surface area contributed by atoms with Gasteiger partial charge in [0.25, 0.3) is 0 Å². The van der Waals surface area contributed by atoms with Gasteiger partial charge in [-0.25, -0.2) is 0 Å². The number of nitrogens with one attached hydrogen (secondary N) is 2. The molecule has 1 saturated carbocycles. The van der Waals surface area contributed by atoms with Gasteiger partial charge in [0.1, 0.15) is 0 Å². The molecule has 3 nitrogen and oxygen atoms in total. The molecule has 18 heavy (non-hydrogen) atoms. The van der Waals surface area contributed by atoms with E-state index >= 15 is 0 Å². The second kappa shape index (κ2) is 6.55. The topological polar surface area (TPSA) is 41.1 Å². The summed E-state index contributed by atoms with van der Waals surface area (Å²) in [5, 5.41) is 6.47. The molecule has 2 N–H and O–H groups in total. The first-order valence-electron chi connectivity index (χ1n) is 7.39. The highest BCUT2D eigenvalue weighted by Crippen LogP contribution is 2.40. The molecule has 1 amide bonds. The van der Waals surface area contributed by atoms with Crippen LogP contribution in [0.3, 0.4) is 0 Å². The minimum atomic E-state index is 0.0936. The summed E-state index contributed by atoms with van der Waals surface area (Å²) in [6, 6.07) is 0. The van der Waals surface area contributed by atoms with Crippen molar-refractivity contribution in [2.45, 2.75) is 71.8 Å². The van der Waals surface area contributed by atoms with Gasteiger partial charge in [0.05, 0.1) is 0 Å². The Labute approximate surface area is 112 Å². The Bertz CT molecular complexity index is 262. The van der Waals surface area contributed by atoms with Gasteiger partial charge in [-0.15, -0.1) is 0 Å². The van der Waals surface area contributed by atoms with Gasteiger partial charge in [-0.05, 0) is 45.4 Å². The zero-order valence-corrected chi connectivity index (χ0v) is 12.6. The van der Waals surface area contributed by atoms with Crippen LogP contribution in [0.25, 0.3) is 0 Å². The van der Waals surface area contributed by atoms with Crippen LogP contribution in [-0.4, -0.2) is 24.5 Å². The summed E-state index contributed by atoms with van der Waals surface area (Å²) in [6.07, 6.45) is 6.99. The summed E-state index contributed by atoms with van der Waals surface area (Å²) in [6.45, 7) is 10.2. The molecule has 0 atom stereocenters. The Morgan fingerprint density at radius 2 is 1.83 bits per heavy atom. The van der Waals surface area contributed by atoms with Crippen molar-refractivity contribution >= 4 is 5.91 Å². The van der Waals surface area contributed by atoms with Crippen molar-refractivity contribution in [3.05, 3.63) is 0 Å². The number of hydrogen-bond donors (Lipinski definition) is 2. The van der Waals surface area contributed by atoms with Crippen LogP contribution in [-0.2, 0) is 4.79 Å². The first-order chi connectivity index (χ1) is 8.37. The summed E-state index contributed by atoms with van der Waals surface area (Å²) in [4.78, 5) is 11.8. The third kappa shape index (κ3) is 5.38. The van der Waals surface area contributed by atoms with E-state index in [0.29, 0.717) is 11.8 Å². The molecule has 1 aliphatic rings. The first-order valence-corrected chi connectivity index (χ1v) is 7.39. The van der Waals surface area contributed by atoms with Crippen LogP contribution in [0.1, 0.15) is 66.2 Å². The second-order valence-corrected chi connectivity index (χ2v) is 6.76. The van der Waals surface area contributed by atoms with E-state index in [0.717, 1.165) is 13.1 Å². The van der Waals surface area contributed by atoms with Gasteiger partial charge in [0.2, 0.25) is 5.91 Å². The van der Waals surface area contributed by atoms with E-state index in [4.69, 9.17) is 0 Å². The van der Waals surface area contributed by atoms with E-state index in [2.05, 4.69) is 38.3 Å². The van der Waals surface area contributed by atoms with E-state index in [-0.39, 0.29) is 11.4 Å². The molecule has 0 spiro atoms. The molecule has 3 heteroatoms. The summed E-state index contributed by atoms with van der Waals surface area (Å²) < 4.78 is 0. The molecule has 106 valence electrons. The number of amides is 1. The maximum atomic E-state index is 11.8. The Morgan fingerprint density at radius 1 is 1.22 bits per heavy atom. The first kappa shape index (κ1) is 15.5. The zero-order chi connectivity index (χ0) is 13.6. The number of hydrogen-bond acceptors (Lipinski definition) is 2. The smallest absolute Gasteiger partial charge is 0.221 e. The molecule has 0 bridgehead atoms. The third-order valence-electron chi connectivity index (χ3n) is 4.08. The average Bonchev–Trinajstić information content (AvgIpc) is 2.74. The minimum Gasteiger partial charge on any atom is -0.356 e. The van der Waals surface area contributed by atoms with Crippen LogP contribution in [0.15, 0.2) is 0 Å². The lowest BCUT2D eigenvalue weighted by Crippen LogP contribution is -2.40. The van der Waals surface area contributed by atoms with Gasteiger partial charge in [-0.1, -0.05) is 19.8 Å². The Morgan fingerprint density at radius 3 is 2.33 bits per heavy atom. The monoisotopic (exact) mass is 254 g/mol. The Kier molecular flexibility index (Phi) is 5.64. The van der Waals surface area contributed by atoms with Crippen LogP contribution in [0, 0.1) is 5.41 Å². The normalized spacial score (nSPS) is 18.9. The third-order valence-corrected chi connectivity index (χ3v) is 4.08. The molecule has 0 unspecified atom stereocenters. The minimum absolute atomic E-state index is 0.0936. The van der Waals surface area contributed by atoms with Crippen molar-refractivity contribution in [2.75, 3.05) is 13.1 Å². The fraction of sp³-hybridized carbons (Fsp3) is 0.933. The highest BCUT2D eigenvalue weighted by atomic mass is 16.1. The van der Waals surface area contributed by atoms with Crippen LogP contribution in [0.4, 0.5) is 0 Å². The van der Waals surface area contributed by atoms with Gasteiger partial charge in [0.15, 0.2) is 0 Å². The molecule has 0 aromatic rings. The molecule has 1 fully saturated rings. The lowest BCUT2D eigenvalue weighted by molar-refractivity contribution is -0.121. The van der Waals surface area contributed by atoms with E-state index in [9.17, 15) is 4.79 Å². The molecular formula is C15H30N2O. The quantitative estimate of drug-likeness (QED) is 0.765.